The van der Waals surface area contributed by atoms with Gasteiger partial charge in [-0.25, -0.2) is 0 Å². The number of aromatic nitrogens is 2. The molecule has 2 N–H and O–H groups in total. The Balaban J connectivity index is 1.83. The van der Waals surface area contributed by atoms with Gasteiger partial charge in [0.2, 0.25) is 17.6 Å². The molecular weight excluding hydrogens is 304 g/mol. The van der Waals surface area contributed by atoms with Crippen LogP contribution in [0.3, 0.4) is 0 Å². The van der Waals surface area contributed by atoms with Crippen LogP contribution in [0, 0.1) is 0 Å². The van der Waals surface area contributed by atoms with Crippen molar-refractivity contribution >= 4 is 5.91 Å². The number of nitrogens with zero attached hydrogens (tertiary/aromatic N) is 2. The van der Waals surface area contributed by atoms with Crippen molar-refractivity contribution in [3.63, 3.8) is 0 Å². The molecule has 0 aliphatic rings. The second kappa shape index (κ2) is 9.17. The molecule has 0 fully saturated rings. The topological polar surface area (TPSA) is 80.0 Å². The van der Waals surface area contributed by atoms with Gasteiger partial charge < -0.3 is 15.2 Å². The van der Waals surface area contributed by atoms with E-state index in [0.717, 1.165) is 18.7 Å². The highest BCUT2D eigenvalue weighted by Gasteiger charge is 2.11. The van der Waals surface area contributed by atoms with E-state index in [9.17, 15) is 4.79 Å². The van der Waals surface area contributed by atoms with Crippen molar-refractivity contribution in [2.45, 2.75) is 39.5 Å². The van der Waals surface area contributed by atoms with E-state index in [2.05, 4.69) is 46.8 Å². The number of aryl methyl sites for hydroxylation is 1. The molecule has 6 nitrogen and oxygen atoms in total. The first kappa shape index (κ1) is 18.1. The zero-order valence-corrected chi connectivity index (χ0v) is 14.6. The molecule has 24 heavy (non-hydrogen) atoms. The lowest BCUT2D eigenvalue weighted by molar-refractivity contribution is -0.121. The number of amides is 1. The number of hydrogen-bond acceptors (Lipinski definition) is 5. The molecule has 0 saturated heterocycles. The van der Waals surface area contributed by atoms with Gasteiger partial charge in [0, 0.05) is 31.5 Å². The summed E-state index contributed by atoms with van der Waals surface area (Å²) in [6, 6.07) is 8.15. The highest BCUT2D eigenvalue weighted by Crippen LogP contribution is 2.20. The molecule has 0 aliphatic carbocycles. The van der Waals surface area contributed by atoms with Crippen LogP contribution < -0.4 is 10.6 Å². The van der Waals surface area contributed by atoms with Crippen molar-refractivity contribution < 1.29 is 9.32 Å². The molecule has 0 radical (unpaired) electrons. The predicted octanol–water partition coefficient (Wildman–Crippen LogP) is 2.52. The Hall–Kier alpha value is -2.21. The van der Waals surface area contributed by atoms with Crippen LogP contribution in [-0.4, -0.2) is 35.7 Å². The van der Waals surface area contributed by atoms with E-state index in [4.69, 9.17) is 4.52 Å². The Morgan fingerprint density at radius 1 is 1.21 bits per heavy atom. The maximum absolute atomic E-state index is 11.7. The maximum atomic E-state index is 11.7. The van der Waals surface area contributed by atoms with Crippen LogP contribution in [0.1, 0.15) is 44.6 Å². The normalized spacial score (nSPS) is 11.0. The standard InChI is InChI=1S/C18H26N4O2/c1-4-19-11-12-20-16(23)9-10-17-21-18(22-24-17)15-7-5-14(6-8-15)13(2)3/h5-8,13,19H,4,9-12H2,1-3H3,(H,20,23). The van der Waals surface area contributed by atoms with Crippen LogP contribution in [0.2, 0.25) is 0 Å². The average Bonchev–Trinajstić information content (AvgIpc) is 3.06. The van der Waals surface area contributed by atoms with Gasteiger partial charge in [-0.3, -0.25) is 4.79 Å². The van der Waals surface area contributed by atoms with Gasteiger partial charge in [0.05, 0.1) is 0 Å². The number of nitrogens with one attached hydrogen (secondary N) is 2. The molecule has 0 aliphatic heterocycles. The van der Waals surface area contributed by atoms with Crippen molar-refractivity contribution in [3.8, 4) is 11.4 Å². The van der Waals surface area contributed by atoms with Crippen molar-refractivity contribution in [2.24, 2.45) is 0 Å². The first-order valence-corrected chi connectivity index (χ1v) is 8.50. The molecule has 130 valence electrons. The molecule has 1 aromatic heterocycles. The predicted molar refractivity (Wildman–Crippen MR) is 93.7 cm³/mol. The van der Waals surface area contributed by atoms with Gasteiger partial charge in [0.1, 0.15) is 0 Å². The van der Waals surface area contributed by atoms with E-state index < -0.39 is 0 Å². The molecule has 1 aromatic carbocycles. The third kappa shape index (κ3) is 5.45. The SMILES string of the molecule is CCNCCNC(=O)CCc1nc(-c2ccc(C(C)C)cc2)no1. The Kier molecular flexibility index (Phi) is 6.93. The Bertz CT molecular complexity index is 635. The fourth-order valence-corrected chi connectivity index (χ4v) is 2.27. The summed E-state index contributed by atoms with van der Waals surface area (Å²) in [6.07, 6.45) is 0.796. The van der Waals surface area contributed by atoms with Gasteiger partial charge in [-0.2, -0.15) is 4.98 Å². The minimum atomic E-state index is -0.00561. The van der Waals surface area contributed by atoms with Crippen molar-refractivity contribution in [2.75, 3.05) is 19.6 Å². The summed E-state index contributed by atoms with van der Waals surface area (Å²) >= 11 is 0. The second-order valence-electron chi connectivity index (χ2n) is 5.99. The maximum Gasteiger partial charge on any atom is 0.227 e. The van der Waals surface area contributed by atoms with Crippen molar-refractivity contribution in [3.05, 3.63) is 35.7 Å². The van der Waals surface area contributed by atoms with Gasteiger partial charge in [-0.15, -0.1) is 0 Å². The summed E-state index contributed by atoms with van der Waals surface area (Å²) in [5, 5.41) is 10.0. The fourth-order valence-electron chi connectivity index (χ4n) is 2.27. The average molecular weight is 330 g/mol. The number of likely N-dealkylation sites (N-methyl/N-ethyl adjacent to an activating group) is 1. The first-order chi connectivity index (χ1) is 11.6. The monoisotopic (exact) mass is 330 g/mol. The molecule has 0 saturated carbocycles. The third-order valence-electron chi connectivity index (χ3n) is 3.74. The quantitative estimate of drug-likeness (QED) is 0.691. The number of benzene rings is 1. The smallest absolute Gasteiger partial charge is 0.227 e. The van der Waals surface area contributed by atoms with Crippen LogP contribution in [-0.2, 0) is 11.2 Å². The number of rotatable bonds is 9. The molecular formula is C18H26N4O2. The van der Waals surface area contributed by atoms with E-state index in [-0.39, 0.29) is 5.91 Å². The Morgan fingerprint density at radius 2 is 1.96 bits per heavy atom. The molecule has 0 atom stereocenters. The Labute approximate surface area is 143 Å². The second-order valence-corrected chi connectivity index (χ2v) is 5.99. The fraction of sp³-hybridized carbons (Fsp3) is 0.500. The summed E-state index contributed by atoms with van der Waals surface area (Å²) in [5.74, 6) is 1.53. The summed E-state index contributed by atoms with van der Waals surface area (Å²) in [7, 11) is 0. The number of carbonyl (C=O) groups excluding carboxylic acids is 1. The Morgan fingerprint density at radius 3 is 2.62 bits per heavy atom. The molecule has 2 aromatic rings. The molecule has 1 amide bonds. The zero-order valence-electron chi connectivity index (χ0n) is 14.6. The largest absolute Gasteiger partial charge is 0.355 e. The first-order valence-electron chi connectivity index (χ1n) is 8.50. The van der Waals surface area contributed by atoms with E-state index in [1.54, 1.807) is 0 Å². The summed E-state index contributed by atoms with van der Waals surface area (Å²) in [6.45, 7) is 8.66. The van der Waals surface area contributed by atoms with Crippen molar-refractivity contribution in [1.29, 1.82) is 0 Å². The van der Waals surface area contributed by atoms with Gasteiger partial charge >= 0.3 is 0 Å². The van der Waals surface area contributed by atoms with Crippen LogP contribution in [0.25, 0.3) is 11.4 Å². The number of carbonyl (C=O) groups is 1. The van der Waals surface area contributed by atoms with Crippen LogP contribution in [0.15, 0.2) is 28.8 Å². The lowest BCUT2D eigenvalue weighted by atomic mass is 10.0. The highest BCUT2D eigenvalue weighted by atomic mass is 16.5. The van der Waals surface area contributed by atoms with Crippen molar-refractivity contribution in [1.82, 2.24) is 20.8 Å². The van der Waals surface area contributed by atoms with E-state index >= 15 is 0 Å². The van der Waals surface area contributed by atoms with Crippen LogP contribution in [0.5, 0.6) is 0 Å². The molecule has 6 heteroatoms. The lowest BCUT2D eigenvalue weighted by Gasteiger charge is -2.04. The highest BCUT2D eigenvalue weighted by molar-refractivity contribution is 5.76. The van der Waals surface area contributed by atoms with E-state index in [1.807, 2.05) is 19.1 Å². The lowest BCUT2D eigenvalue weighted by Crippen LogP contribution is -2.31. The summed E-state index contributed by atoms with van der Waals surface area (Å²) in [4.78, 5) is 16.1. The molecule has 2 rings (SSSR count). The molecule has 0 bridgehead atoms. The summed E-state index contributed by atoms with van der Waals surface area (Å²) in [5.41, 5.74) is 2.20. The summed E-state index contributed by atoms with van der Waals surface area (Å²) < 4.78 is 5.24. The zero-order chi connectivity index (χ0) is 17.4. The van der Waals surface area contributed by atoms with E-state index in [0.29, 0.717) is 37.0 Å². The molecule has 0 unspecified atom stereocenters. The third-order valence-corrected chi connectivity index (χ3v) is 3.74. The van der Waals surface area contributed by atoms with Gasteiger partial charge in [0.25, 0.3) is 0 Å². The van der Waals surface area contributed by atoms with Gasteiger partial charge in [-0.1, -0.05) is 50.2 Å². The van der Waals surface area contributed by atoms with E-state index in [1.165, 1.54) is 5.56 Å². The molecule has 1 heterocycles. The number of hydrogen-bond donors (Lipinski definition) is 2. The minimum Gasteiger partial charge on any atom is -0.355 e. The molecule has 0 spiro atoms. The van der Waals surface area contributed by atoms with Crippen LogP contribution >= 0.6 is 0 Å². The van der Waals surface area contributed by atoms with Gasteiger partial charge in [0.15, 0.2) is 0 Å². The van der Waals surface area contributed by atoms with Crippen LogP contribution in [0.4, 0.5) is 0 Å². The minimum absolute atomic E-state index is 0.00561. The van der Waals surface area contributed by atoms with Gasteiger partial charge in [-0.05, 0) is 18.0 Å².